The van der Waals surface area contributed by atoms with Gasteiger partial charge in [0.2, 0.25) is 11.9 Å². The molecule has 1 unspecified atom stereocenters. The lowest BCUT2D eigenvalue weighted by atomic mass is 9.97. The molecule has 1 aliphatic rings. The first-order valence-corrected chi connectivity index (χ1v) is 9.83. The summed E-state index contributed by atoms with van der Waals surface area (Å²) in [7, 11) is 0. The normalized spacial score (nSPS) is 17.4. The molecular weight excluding hydrogens is 332 g/mol. The van der Waals surface area contributed by atoms with Crippen molar-refractivity contribution in [3.8, 4) is 0 Å². The third-order valence-electron chi connectivity index (χ3n) is 4.48. The molecule has 0 bridgehead atoms. The number of aryl methyl sites for hydroxylation is 1. The van der Waals surface area contributed by atoms with Crippen molar-refractivity contribution in [3.63, 3.8) is 0 Å². The Balaban J connectivity index is 1.56. The Hall–Kier alpha value is -2.08. The van der Waals surface area contributed by atoms with Crippen molar-refractivity contribution in [3.05, 3.63) is 47.8 Å². The number of carbonyl (C=O) groups excluding carboxylic acids is 1. The molecule has 3 rings (SSSR count). The van der Waals surface area contributed by atoms with Crippen molar-refractivity contribution in [1.29, 1.82) is 0 Å². The molecular formula is C19H24N4OS. The van der Waals surface area contributed by atoms with Crippen molar-refractivity contribution in [1.82, 2.24) is 15.3 Å². The van der Waals surface area contributed by atoms with Crippen molar-refractivity contribution in [2.75, 3.05) is 24.2 Å². The molecule has 6 heteroatoms. The first kappa shape index (κ1) is 17.7. The number of hydrogen-bond acceptors (Lipinski definition) is 5. The van der Waals surface area contributed by atoms with Gasteiger partial charge < -0.3 is 10.2 Å². The van der Waals surface area contributed by atoms with Crippen LogP contribution < -0.4 is 10.2 Å². The number of nitrogens with one attached hydrogen (secondary N) is 1. The van der Waals surface area contributed by atoms with E-state index < -0.39 is 0 Å². The van der Waals surface area contributed by atoms with E-state index in [0.717, 1.165) is 36.6 Å². The molecule has 0 aliphatic carbocycles. The van der Waals surface area contributed by atoms with Crippen molar-refractivity contribution < 1.29 is 4.79 Å². The summed E-state index contributed by atoms with van der Waals surface area (Å²) in [5.74, 6) is 0.833. The third-order valence-corrected chi connectivity index (χ3v) is 5.23. The monoisotopic (exact) mass is 356 g/mol. The van der Waals surface area contributed by atoms with Crippen LogP contribution in [0.3, 0.4) is 0 Å². The van der Waals surface area contributed by atoms with Crippen molar-refractivity contribution in [2.45, 2.75) is 31.2 Å². The fourth-order valence-electron chi connectivity index (χ4n) is 3.04. The number of thioether (sulfide) groups is 1. The number of aromatic nitrogens is 2. The summed E-state index contributed by atoms with van der Waals surface area (Å²) in [4.78, 5) is 24.7. The molecule has 1 amide bonds. The Labute approximate surface area is 153 Å². The van der Waals surface area contributed by atoms with Gasteiger partial charge in [-0.1, -0.05) is 12.1 Å². The number of carbonyl (C=O) groups is 1. The zero-order valence-electron chi connectivity index (χ0n) is 14.7. The molecule has 0 spiro atoms. The maximum Gasteiger partial charge on any atom is 0.225 e. The minimum atomic E-state index is -0.0108. The van der Waals surface area contributed by atoms with E-state index in [1.807, 2.05) is 13.0 Å². The van der Waals surface area contributed by atoms with Gasteiger partial charge in [-0.25, -0.2) is 9.97 Å². The van der Waals surface area contributed by atoms with Gasteiger partial charge in [-0.3, -0.25) is 4.79 Å². The maximum atomic E-state index is 12.6. The zero-order chi connectivity index (χ0) is 17.6. The second-order valence-electron chi connectivity index (χ2n) is 6.35. The van der Waals surface area contributed by atoms with Gasteiger partial charge in [0.25, 0.3) is 0 Å². The largest absolute Gasteiger partial charge is 0.352 e. The molecule has 1 aliphatic heterocycles. The predicted octanol–water partition coefficient (Wildman–Crippen LogP) is 3.04. The average molecular weight is 356 g/mol. The van der Waals surface area contributed by atoms with Gasteiger partial charge in [0.05, 0.1) is 5.92 Å². The SMILES string of the molecule is CSc1ccc(CNC(=O)C2CCCN(c3nccc(C)n3)C2)cc1. The van der Waals surface area contributed by atoms with Crippen LogP contribution >= 0.6 is 11.8 Å². The molecule has 0 radical (unpaired) electrons. The second-order valence-corrected chi connectivity index (χ2v) is 7.23. The highest BCUT2D eigenvalue weighted by molar-refractivity contribution is 7.98. The van der Waals surface area contributed by atoms with Crippen LogP contribution in [0.2, 0.25) is 0 Å². The molecule has 1 atom stereocenters. The Bertz CT molecular complexity index is 720. The quantitative estimate of drug-likeness (QED) is 0.835. The summed E-state index contributed by atoms with van der Waals surface area (Å²) in [6.45, 7) is 4.12. The molecule has 1 aromatic heterocycles. The third kappa shape index (κ3) is 4.72. The smallest absolute Gasteiger partial charge is 0.225 e. The van der Waals surface area contributed by atoms with Gasteiger partial charge in [-0.15, -0.1) is 11.8 Å². The van der Waals surface area contributed by atoms with Gasteiger partial charge in [0, 0.05) is 36.4 Å². The summed E-state index contributed by atoms with van der Waals surface area (Å²) in [5.41, 5.74) is 2.08. The van der Waals surface area contributed by atoms with Crippen LogP contribution in [0.1, 0.15) is 24.1 Å². The summed E-state index contributed by atoms with van der Waals surface area (Å²) in [6, 6.07) is 10.2. The van der Waals surface area contributed by atoms with E-state index >= 15 is 0 Å². The molecule has 25 heavy (non-hydrogen) atoms. The first-order valence-electron chi connectivity index (χ1n) is 8.61. The van der Waals surface area contributed by atoms with Crippen LogP contribution in [0.15, 0.2) is 41.4 Å². The molecule has 1 saturated heterocycles. The van der Waals surface area contributed by atoms with Crippen LogP contribution in [0, 0.1) is 12.8 Å². The first-order chi connectivity index (χ1) is 12.2. The molecule has 1 aromatic carbocycles. The van der Waals surface area contributed by atoms with E-state index in [9.17, 15) is 4.79 Å². The summed E-state index contributed by atoms with van der Waals surface area (Å²) in [5, 5.41) is 3.08. The van der Waals surface area contributed by atoms with Crippen molar-refractivity contribution in [2.24, 2.45) is 5.92 Å². The van der Waals surface area contributed by atoms with Gasteiger partial charge in [0.15, 0.2) is 0 Å². The van der Waals surface area contributed by atoms with E-state index in [1.54, 1.807) is 18.0 Å². The number of hydrogen-bond donors (Lipinski definition) is 1. The lowest BCUT2D eigenvalue weighted by molar-refractivity contribution is -0.125. The maximum absolute atomic E-state index is 12.6. The van der Waals surface area contributed by atoms with E-state index in [-0.39, 0.29) is 11.8 Å². The Morgan fingerprint density at radius 3 is 2.84 bits per heavy atom. The number of piperidine rings is 1. The molecule has 1 N–H and O–H groups in total. The van der Waals surface area contributed by atoms with Crippen LogP contribution in [0.4, 0.5) is 5.95 Å². The number of nitrogens with zero attached hydrogens (tertiary/aromatic N) is 3. The zero-order valence-corrected chi connectivity index (χ0v) is 15.6. The Morgan fingerprint density at radius 1 is 1.32 bits per heavy atom. The average Bonchev–Trinajstić information content (AvgIpc) is 2.66. The van der Waals surface area contributed by atoms with Gasteiger partial charge >= 0.3 is 0 Å². The molecule has 132 valence electrons. The minimum absolute atomic E-state index is 0.0108. The minimum Gasteiger partial charge on any atom is -0.352 e. The molecule has 5 nitrogen and oxygen atoms in total. The number of rotatable bonds is 5. The van der Waals surface area contributed by atoms with Crippen LogP contribution in [-0.4, -0.2) is 35.2 Å². The standard InChI is InChI=1S/C19H24N4OS/c1-14-9-10-20-19(22-14)23-11-3-4-16(13-23)18(24)21-12-15-5-7-17(25-2)8-6-15/h5-10,16H,3-4,11-13H2,1-2H3,(H,21,24). The predicted molar refractivity (Wildman–Crippen MR) is 102 cm³/mol. The van der Waals surface area contributed by atoms with E-state index in [0.29, 0.717) is 13.1 Å². The molecule has 0 saturated carbocycles. The highest BCUT2D eigenvalue weighted by Crippen LogP contribution is 2.21. The highest BCUT2D eigenvalue weighted by Gasteiger charge is 2.26. The number of anilines is 1. The van der Waals surface area contributed by atoms with Gasteiger partial charge in [-0.2, -0.15) is 0 Å². The summed E-state index contributed by atoms with van der Waals surface area (Å²) >= 11 is 1.72. The lowest BCUT2D eigenvalue weighted by Crippen LogP contribution is -2.43. The fraction of sp³-hybridized carbons (Fsp3) is 0.421. The van der Waals surface area contributed by atoms with E-state index in [1.165, 1.54) is 4.90 Å². The van der Waals surface area contributed by atoms with E-state index in [2.05, 4.69) is 50.7 Å². The van der Waals surface area contributed by atoms with Gasteiger partial charge in [-0.05, 0) is 49.8 Å². The van der Waals surface area contributed by atoms with Crippen molar-refractivity contribution >= 4 is 23.6 Å². The van der Waals surface area contributed by atoms with E-state index in [4.69, 9.17) is 0 Å². The van der Waals surface area contributed by atoms with Gasteiger partial charge in [0.1, 0.15) is 0 Å². The lowest BCUT2D eigenvalue weighted by Gasteiger charge is -2.32. The molecule has 2 heterocycles. The van der Waals surface area contributed by atoms with Crippen LogP contribution in [-0.2, 0) is 11.3 Å². The number of amides is 1. The Kier molecular flexibility index (Phi) is 5.91. The summed E-state index contributed by atoms with van der Waals surface area (Å²) < 4.78 is 0. The summed E-state index contributed by atoms with van der Waals surface area (Å²) in [6.07, 6.45) is 5.74. The fourth-order valence-corrected chi connectivity index (χ4v) is 3.45. The number of benzene rings is 1. The van der Waals surface area contributed by atoms with Crippen LogP contribution in [0.25, 0.3) is 0 Å². The highest BCUT2D eigenvalue weighted by atomic mass is 32.2. The topological polar surface area (TPSA) is 58.1 Å². The Morgan fingerprint density at radius 2 is 2.12 bits per heavy atom. The van der Waals surface area contributed by atoms with Crippen LogP contribution in [0.5, 0.6) is 0 Å². The molecule has 1 fully saturated rings. The second kappa shape index (κ2) is 8.34. The molecule has 2 aromatic rings.